The molecule has 1 heterocycles. The molecule has 14 heavy (non-hydrogen) atoms. The summed E-state index contributed by atoms with van der Waals surface area (Å²) in [6, 6.07) is 6.28. The lowest BCUT2D eigenvalue weighted by Crippen LogP contribution is -2.03. The lowest BCUT2D eigenvalue weighted by atomic mass is 10.2. The van der Waals surface area contributed by atoms with E-state index in [1.807, 2.05) is 0 Å². The lowest BCUT2D eigenvalue weighted by molar-refractivity contribution is -0.136. The third-order valence-electron chi connectivity index (χ3n) is 2.00. The minimum atomic E-state index is -4.33. The van der Waals surface area contributed by atoms with Crippen LogP contribution >= 0.6 is 12.8 Å². The van der Waals surface area contributed by atoms with Gasteiger partial charge < -0.3 is 0 Å². The highest BCUT2D eigenvalue weighted by Gasteiger charge is 2.34. The second kappa shape index (κ2) is 2.95. The zero-order chi connectivity index (χ0) is 10.3. The molecule has 0 aliphatic carbocycles. The third-order valence-corrected chi connectivity index (χ3v) is 2.33. The van der Waals surface area contributed by atoms with E-state index >= 15 is 0 Å². The van der Waals surface area contributed by atoms with Crippen LogP contribution in [0.25, 0.3) is 10.9 Å². The van der Waals surface area contributed by atoms with Crippen molar-refractivity contribution in [2.45, 2.75) is 6.18 Å². The van der Waals surface area contributed by atoms with Gasteiger partial charge in [-0.25, -0.2) is 0 Å². The summed E-state index contributed by atoms with van der Waals surface area (Å²) >= 11 is 3.92. The number of hydrogen-bond donors (Lipinski definition) is 1. The number of halogens is 3. The first-order chi connectivity index (χ1) is 6.50. The molecule has 5 heteroatoms. The van der Waals surface area contributed by atoms with E-state index in [0.29, 0.717) is 5.52 Å². The van der Waals surface area contributed by atoms with Crippen molar-refractivity contribution in [3.8, 4) is 0 Å². The van der Waals surface area contributed by atoms with E-state index in [4.69, 9.17) is 0 Å². The lowest BCUT2D eigenvalue weighted by Gasteiger charge is -2.02. The molecule has 0 N–H and O–H groups in total. The SMILES string of the molecule is FC(F)(F)c1cn(S)c2ccccc12. The average molecular weight is 217 g/mol. The highest BCUT2D eigenvalue weighted by molar-refractivity contribution is 7.78. The first-order valence-electron chi connectivity index (χ1n) is 3.86. The molecular weight excluding hydrogens is 211 g/mol. The second-order valence-electron chi connectivity index (χ2n) is 2.90. The molecule has 0 atom stereocenters. The van der Waals surface area contributed by atoms with E-state index in [1.165, 1.54) is 10.0 Å². The molecule has 0 fully saturated rings. The van der Waals surface area contributed by atoms with Gasteiger partial charge in [0.15, 0.2) is 0 Å². The van der Waals surface area contributed by atoms with Gasteiger partial charge >= 0.3 is 6.18 Å². The van der Waals surface area contributed by atoms with Crippen molar-refractivity contribution in [1.29, 1.82) is 0 Å². The summed E-state index contributed by atoms with van der Waals surface area (Å²) in [4.78, 5) is 0. The van der Waals surface area contributed by atoms with Gasteiger partial charge in [-0.05, 0) is 6.07 Å². The number of hydrogen-bond acceptors (Lipinski definition) is 1. The van der Waals surface area contributed by atoms with Gasteiger partial charge in [0.1, 0.15) is 0 Å². The Morgan fingerprint density at radius 1 is 1.14 bits per heavy atom. The maximum absolute atomic E-state index is 12.5. The van der Waals surface area contributed by atoms with Crippen molar-refractivity contribution in [3.05, 3.63) is 36.0 Å². The molecule has 0 unspecified atom stereocenters. The number of fused-ring (bicyclic) bond motifs is 1. The maximum Gasteiger partial charge on any atom is 0.418 e. The molecule has 1 aromatic heterocycles. The Bertz CT molecular complexity index is 472. The van der Waals surface area contributed by atoms with Gasteiger partial charge in [0.25, 0.3) is 0 Å². The predicted octanol–water partition coefficient (Wildman–Crippen LogP) is 3.35. The topological polar surface area (TPSA) is 4.93 Å². The van der Waals surface area contributed by atoms with Gasteiger partial charge in [0.2, 0.25) is 0 Å². The molecule has 2 rings (SSSR count). The van der Waals surface area contributed by atoms with Crippen molar-refractivity contribution in [1.82, 2.24) is 3.97 Å². The number of aromatic nitrogens is 1. The number of nitrogens with zero attached hydrogens (tertiary/aromatic N) is 1. The largest absolute Gasteiger partial charge is 0.418 e. The fraction of sp³-hybridized carbons (Fsp3) is 0.111. The number of para-hydroxylation sites is 1. The molecule has 1 nitrogen and oxygen atoms in total. The maximum atomic E-state index is 12.5. The van der Waals surface area contributed by atoms with E-state index in [-0.39, 0.29) is 5.39 Å². The summed E-state index contributed by atoms with van der Waals surface area (Å²) in [6.45, 7) is 0. The van der Waals surface area contributed by atoms with Crippen molar-refractivity contribution in [3.63, 3.8) is 0 Å². The standard InChI is InChI=1S/C9H6F3NS/c10-9(11,12)7-5-13(14)8-4-2-1-3-6(7)8/h1-5,14H. The summed E-state index contributed by atoms with van der Waals surface area (Å²) in [5, 5.41) is 0.176. The third kappa shape index (κ3) is 1.37. The Balaban J connectivity index is 2.80. The van der Waals surface area contributed by atoms with E-state index in [0.717, 1.165) is 6.20 Å². The van der Waals surface area contributed by atoms with E-state index < -0.39 is 11.7 Å². The van der Waals surface area contributed by atoms with Crippen LogP contribution in [-0.2, 0) is 6.18 Å². The van der Waals surface area contributed by atoms with Crippen LogP contribution in [0.5, 0.6) is 0 Å². The Kier molecular flexibility index (Phi) is 1.99. The fourth-order valence-corrected chi connectivity index (χ4v) is 1.68. The molecule has 0 aliphatic heterocycles. The fourth-order valence-electron chi connectivity index (χ4n) is 1.39. The quantitative estimate of drug-likeness (QED) is 0.646. The molecule has 0 aliphatic rings. The Morgan fingerprint density at radius 3 is 2.43 bits per heavy atom. The molecule has 74 valence electrons. The molecular formula is C9H6F3NS. The average Bonchev–Trinajstić information content (AvgIpc) is 2.44. The molecule has 0 saturated heterocycles. The van der Waals surface area contributed by atoms with Crippen LogP contribution in [0.1, 0.15) is 5.56 Å². The van der Waals surface area contributed by atoms with Crippen molar-refractivity contribution < 1.29 is 13.2 Å². The van der Waals surface area contributed by atoms with Gasteiger partial charge in [-0.15, -0.1) is 0 Å². The molecule has 2 aromatic rings. The van der Waals surface area contributed by atoms with Gasteiger partial charge in [-0.2, -0.15) is 13.2 Å². The zero-order valence-corrected chi connectivity index (χ0v) is 7.81. The normalized spacial score (nSPS) is 12.3. The van der Waals surface area contributed by atoms with Crippen LogP contribution < -0.4 is 0 Å². The number of benzene rings is 1. The van der Waals surface area contributed by atoms with E-state index in [1.54, 1.807) is 18.2 Å². The Morgan fingerprint density at radius 2 is 1.79 bits per heavy atom. The molecule has 0 bridgehead atoms. The van der Waals surface area contributed by atoms with Crippen LogP contribution in [0.15, 0.2) is 30.5 Å². The monoisotopic (exact) mass is 217 g/mol. The summed E-state index contributed by atoms with van der Waals surface area (Å²) < 4.78 is 38.6. The molecule has 0 spiro atoms. The van der Waals surface area contributed by atoms with Crippen LogP contribution in [0.3, 0.4) is 0 Å². The van der Waals surface area contributed by atoms with Crippen molar-refractivity contribution in [2.75, 3.05) is 0 Å². The number of thiol groups is 1. The predicted molar refractivity (Wildman–Crippen MR) is 51.3 cm³/mol. The Hall–Kier alpha value is -1.10. The zero-order valence-electron chi connectivity index (χ0n) is 6.92. The van der Waals surface area contributed by atoms with E-state index in [9.17, 15) is 13.2 Å². The number of alkyl halides is 3. The van der Waals surface area contributed by atoms with Gasteiger partial charge in [0, 0.05) is 11.6 Å². The molecule has 1 aromatic carbocycles. The summed E-state index contributed by atoms with van der Waals surface area (Å²) in [5.41, 5.74) is -0.189. The second-order valence-corrected chi connectivity index (χ2v) is 3.33. The van der Waals surface area contributed by atoms with E-state index in [2.05, 4.69) is 12.8 Å². The summed E-state index contributed by atoms with van der Waals surface area (Å²) in [7, 11) is 0. The molecule has 0 saturated carbocycles. The Labute approximate surface area is 83.7 Å². The van der Waals surface area contributed by atoms with Crippen LogP contribution in [0, 0.1) is 0 Å². The van der Waals surface area contributed by atoms with Crippen LogP contribution in [0.2, 0.25) is 0 Å². The van der Waals surface area contributed by atoms with Gasteiger partial charge in [-0.1, -0.05) is 31.0 Å². The van der Waals surface area contributed by atoms with Gasteiger partial charge in [-0.3, -0.25) is 3.97 Å². The first-order valence-corrected chi connectivity index (χ1v) is 4.26. The van der Waals surface area contributed by atoms with Gasteiger partial charge in [0.05, 0.1) is 11.1 Å². The minimum absolute atomic E-state index is 0.176. The number of rotatable bonds is 0. The minimum Gasteiger partial charge on any atom is -0.293 e. The van der Waals surface area contributed by atoms with Crippen molar-refractivity contribution in [2.24, 2.45) is 0 Å². The smallest absolute Gasteiger partial charge is 0.293 e. The van der Waals surface area contributed by atoms with Crippen LogP contribution in [-0.4, -0.2) is 3.97 Å². The van der Waals surface area contributed by atoms with Crippen molar-refractivity contribution >= 4 is 23.7 Å². The highest BCUT2D eigenvalue weighted by Crippen LogP contribution is 2.36. The van der Waals surface area contributed by atoms with Crippen LogP contribution in [0.4, 0.5) is 13.2 Å². The summed E-state index contributed by atoms with van der Waals surface area (Å²) in [5.74, 6) is 0. The highest BCUT2D eigenvalue weighted by atomic mass is 32.1. The summed E-state index contributed by atoms with van der Waals surface area (Å²) in [6.07, 6.45) is -3.35. The first kappa shape index (κ1) is 9.45. The molecule has 0 radical (unpaired) electrons. The molecule has 0 amide bonds.